The summed E-state index contributed by atoms with van der Waals surface area (Å²) in [7, 11) is 1.67. The number of hydrogen-bond donors (Lipinski definition) is 1. The van der Waals surface area contributed by atoms with Crippen LogP contribution in [0, 0.1) is 13.8 Å². The lowest BCUT2D eigenvalue weighted by Gasteiger charge is -2.14. The fourth-order valence-corrected chi connectivity index (χ4v) is 2.16. The normalized spacial score (nSPS) is 10.4. The molecule has 1 heterocycles. The number of nitrogens with one attached hydrogen (secondary N) is 1. The topological polar surface area (TPSA) is 26.2 Å². The van der Waals surface area contributed by atoms with Crippen LogP contribution in [0.15, 0.2) is 30.3 Å². The zero-order chi connectivity index (χ0) is 13.1. The number of halogens is 1. The van der Waals surface area contributed by atoms with Gasteiger partial charge >= 0.3 is 0 Å². The Morgan fingerprint density at radius 3 is 2.44 bits per heavy atom. The van der Waals surface area contributed by atoms with E-state index in [0.29, 0.717) is 11.6 Å². The summed E-state index contributed by atoms with van der Waals surface area (Å²) in [5, 5.41) is 0.716. The van der Waals surface area contributed by atoms with Crippen molar-refractivity contribution in [1.29, 1.82) is 0 Å². The smallest absolute Gasteiger partial charge is 0.124 e. The van der Waals surface area contributed by atoms with Crippen LogP contribution < -0.4 is 10.2 Å². The molecule has 3 nitrogen and oxygen atoms in total. The monoisotopic (exact) mass is 264 g/mol. The summed E-state index contributed by atoms with van der Waals surface area (Å²) in [5.74, 6) is 0.842. The Hall–Kier alpha value is -1.61. The Bertz CT molecular complexity index is 529. The molecule has 1 aromatic heterocycles. The van der Waals surface area contributed by atoms with Crippen LogP contribution in [0.25, 0.3) is 0 Å². The van der Waals surface area contributed by atoms with Crippen molar-refractivity contribution in [3.8, 4) is 5.75 Å². The minimum Gasteiger partial charge on any atom is -0.496 e. The number of methoxy groups -OCH3 is 1. The average molecular weight is 265 g/mol. The number of ether oxygens (including phenoxy) is 1. The molecule has 0 spiro atoms. The zero-order valence-corrected chi connectivity index (χ0v) is 11.6. The molecule has 96 valence electrons. The van der Waals surface area contributed by atoms with Gasteiger partial charge in [0.1, 0.15) is 5.75 Å². The van der Waals surface area contributed by atoms with Crippen LogP contribution in [0.2, 0.25) is 5.02 Å². The van der Waals surface area contributed by atoms with Gasteiger partial charge in [-0.3, -0.25) is 4.68 Å². The molecule has 0 aliphatic carbocycles. The lowest BCUT2D eigenvalue weighted by atomic mass is 10.2. The van der Waals surface area contributed by atoms with E-state index in [1.165, 1.54) is 11.4 Å². The maximum atomic E-state index is 6.01. The predicted molar refractivity (Wildman–Crippen MR) is 75.0 cm³/mol. The molecule has 0 bridgehead atoms. The van der Waals surface area contributed by atoms with Crippen molar-refractivity contribution in [2.45, 2.75) is 20.4 Å². The van der Waals surface area contributed by atoms with Gasteiger partial charge < -0.3 is 10.2 Å². The summed E-state index contributed by atoms with van der Waals surface area (Å²) >= 11 is 6.01. The second-order valence-electron chi connectivity index (χ2n) is 4.24. The molecule has 0 fully saturated rings. The van der Waals surface area contributed by atoms with E-state index >= 15 is 0 Å². The molecule has 0 saturated heterocycles. The Morgan fingerprint density at radius 1 is 1.17 bits per heavy atom. The molecule has 0 atom stereocenters. The molecule has 1 aromatic carbocycles. The summed E-state index contributed by atoms with van der Waals surface area (Å²) in [6, 6.07) is 9.79. The van der Waals surface area contributed by atoms with Gasteiger partial charge in [-0.1, -0.05) is 11.6 Å². The molecule has 18 heavy (non-hydrogen) atoms. The number of benzene rings is 1. The van der Waals surface area contributed by atoms with Crippen molar-refractivity contribution in [1.82, 2.24) is 4.68 Å². The Morgan fingerprint density at radius 2 is 1.83 bits per heavy atom. The van der Waals surface area contributed by atoms with Crippen LogP contribution in [0.5, 0.6) is 5.75 Å². The van der Waals surface area contributed by atoms with E-state index in [0.717, 1.165) is 11.3 Å². The third kappa shape index (κ3) is 2.62. The highest BCUT2D eigenvalue weighted by molar-refractivity contribution is 6.30. The first-order valence-corrected chi connectivity index (χ1v) is 6.21. The van der Waals surface area contributed by atoms with Gasteiger partial charge in [-0.25, -0.2) is 0 Å². The fraction of sp³-hybridized carbons (Fsp3) is 0.286. The average Bonchev–Trinajstić information content (AvgIpc) is 2.67. The summed E-state index contributed by atoms with van der Waals surface area (Å²) in [6.07, 6.45) is 0. The summed E-state index contributed by atoms with van der Waals surface area (Å²) < 4.78 is 7.38. The maximum absolute atomic E-state index is 6.01. The maximum Gasteiger partial charge on any atom is 0.124 e. The largest absolute Gasteiger partial charge is 0.496 e. The van der Waals surface area contributed by atoms with Gasteiger partial charge in [-0.05, 0) is 44.2 Å². The lowest BCUT2D eigenvalue weighted by Crippen LogP contribution is -2.17. The molecule has 2 rings (SSSR count). The van der Waals surface area contributed by atoms with E-state index in [-0.39, 0.29) is 0 Å². The second-order valence-corrected chi connectivity index (χ2v) is 4.68. The molecule has 0 amide bonds. The quantitative estimate of drug-likeness (QED) is 0.915. The minimum absolute atomic E-state index is 0.667. The number of aryl methyl sites for hydroxylation is 2. The highest BCUT2D eigenvalue weighted by atomic mass is 35.5. The van der Waals surface area contributed by atoms with Gasteiger partial charge in [0.05, 0.1) is 13.7 Å². The molecule has 1 N–H and O–H groups in total. The van der Waals surface area contributed by atoms with E-state index in [1.54, 1.807) is 7.11 Å². The Labute approximate surface area is 112 Å². The fourth-order valence-electron chi connectivity index (χ4n) is 1.97. The van der Waals surface area contributed by atoms with Crippen LogP contribution in [0.1, 0.15) is 17.0 Å². The summed E-state index contributed by atoms with van der Waals surface area (Å²) in [4.78, 5) is 0. The van der Waals surface area contributed by atoms with Crippen LogP contribution >= 0.6 is 11.6 Å². The molecular formula is C14H17ClN2O. The van der Waals surface area contributed by atoms with Crippen LogP contribution in [-0.2, 0) is 6.54 Å². The van der Waals surface area contributed by atoms with E-state index in [9.17, 15) is 0 Å². The van der Waals surface area contributed by atoms with Crippen molar-refractivity contribution in [3.63, 3.8) is 0 Å². The first-order valence-electron chi connectivity index (χ1n) is 5.83. The molecule has 0 aliphatic heterocycles. The molecule has 0 radical (unpaired) electrons. The second kappa shape index (κ2) is 5.36. The third-order valence-electron chi connectivity index (χ3n) is 2.94. The summed E-state index contributed by atoms with van der Waals surface area (Å²) in [6.45, 7) is 4.80. The molecular weight excluding hydrogens is 248 g/mol. The molecule has 0 unspecified atom stereocenters. The van der Waals surface area contributed by atoms with Crippen LogP contribution in [-0.4, -0.2) is 11.8 Å². The predicted octanol–water partition coefficient (Wildman–Crippen LogP) is 3.51. The molecule has 2 aromatic rings. The van der Waals surface area contributed by atoms with Gasteiger partial charge in [0, 0.05) is 22.0 Å². The van der Waals surface area contributed by atoms with E-state index in [2.05, 4.69) is 36.1 Å². The first-order chi connectivity index (χ1) is 8.61. The number of aromatic nitrogens is 1. The van der Waals surface area contributed by atoms with Gasteiger partial charge in [-0.15, -0.1) is 0 Å². The van der Waals surface area contributed by atoms with Crippen molar-refractivity contribution in [2.24, 2.45) is 0 Å². The van der Waals surface area contributed by atoms with E-state index in [1.807, 2.05) is 18.2 Å². The minimum atomic E-state index is 0.667. The third-order valence-corrected chi connectivity index (χ3v) is 3.18. The van der Waals surface area contributed by atoms with Gasteiger partial charge in [0.15, 0.2) is 0 Å². The Balaban J connectivity index is 2.17. The van der Waals surface area contributed by atoms with Crippen molar-refractivity contribution < 1.29 is 4.74 Å². The van der Waals surface area contributed by atoms with E-state index in [4.69, 9.17) is 16.3 Å². The van der Waals surface area contributed by atoms with Crippen molar-refractivity contribution in [2.75, 3.05) is 12.5 Å². The highest BCUT2D eigenvalue weighted by Gasteiger charge is 2.05. The number of nitrogens with zero attached hydrogens (tertiary/aromatic N) is 1. The molecule has 0 saturated carbocycles. The van der Waals surface area contributed by atoms with Gasteiger partial charge in [0.2, 0.25) is 0 Å². The first kappa shape index (κ1) is 12.8. The number of hydrogen-bond acceptors (Lipinski definition) is 2. The van der Waals surface area contributed by atoms with Crippen LogP contribution in [0.4, 0.5) is 0 Å². The van der Waals surface area contributed by atoms with Gasteiger partial charge in [-0.2, -0.15) is 0 Å². The zero-order valence-electron chi connectivity index (χ0n) is 10.8. The SMILES string of the molecule is COc1ccc(Cl)cc1CNn1c(C)ccc1C. The van der Waals surface area contributed by atoms with Crippen molar-refractivity contribution in [3.05, 3.63) is 52.3 Å². The van der Waals surface area contributed by atoms with Gasteiger partial charge in [0.25, 0.3) is 0 Å². The molecule has 4 heteroatoms. The lowest BCUT2D eigenvalue weighted by molar-refractivity contribution is 0.409. The van der Waals surface area contributed by atoms with Crippen molar-refractivity contribution >= 4 is 11.6 Å². The summed E-state index contributed by atoms with van der Waals surface area (Å²) in [5.41, 5.74) is 6.75. The van der Waals surface area contributed by atoms with E-state index < -0.39 is 0 Å². The van der Waals surface area contributed by atoms with Crippen LogP contribution in [0.3, 0.4) is 0 Å². The molecule has 0 aliphatic rings. The Kier molecular flexibility index (Phi) is 3.82. The number of rotatable bonds is 4. The highest BCUT2D eigenvalue weighted by Crippen LogP contribution is 2.22. The standard InChI is InChI=1S/C14H17ClN2O/c1-10-4-5-11(2)17(10)16-9-12-8-13(15)6-7-14(12)18-3/h4-8,16H,9H2,1-3H3.